The van der Waals surface area contributed by atoms with Crippen LogP contribution in [-0.4, -0.2) is 47.7 Å². The van der Waals surface area contributed by atoms with Gasteiger partial charge in [0, 0.05) is 15.6 Å². The molecular weight excluding hydrogens is 432 g/mol. The van der Waals surface area contributed by atoms with Crippen molar-refractivity contribution >= 4 is 16.2 Å². The Hall–Kier alpha value is -0.540. The van der Waals surface area contributed by atoms with E-state index >= 15 is 0 Å². The number of aliphatic hydroxyl groups is 2. The van der Waals surface area contributed by atoms with E-state index in [0.717, 1.165) is 6.42 Å². The van der Waals surface area contributed by atoms with Crippen molar-refractivity contribution in [1.29, 1.82) is 0 Å². The minimum atomic E-state index is -5.11. The second kappa shape index (κ2) is 8.59. The Morgan fingerprint density at radius 1 is 1.22 bits per heavy atom. The lowest BCUT2D eigenvalue weighted by molar-refractivity contribution is -0.201. The quantitative estimate of drug-likeness (QED) is 0.502. The highest BCUT2D eigenvalue weighted by atomic mass is 32.3. The molecule has 0 aromatic rings. The lowest BCUT2D eigenvalue weighted by Crippen LogP contribution is -2.62. The Morgan fingerprint density at radius 2 is 1.94 bits per heavy atom. The third-order valence-corrected chi connectivity index (χ3v) is 10.3. The van der Waals surface area contributed by atoms with Crippen LogP contribution >= 0.6 is 0 Å². The zero-order valence-corrected chi connectivity index (χ0v) is 20.0. The Bertz CT molecular complexity index is 991. The molecule has 4 saturated carbocycles. The van der Waals surface area contributed by atoms with Gasteiger partial charge in [-0.3, -0.25) is 9.35 Å². The van der Waals surface area contributed by atoms with Crippen LogP contribution in [0.2, 0.25) is 0 Å². The summed E-state index contributed by atoms with van der Waals surface area (Å²) in [5.41, 5.74) is -0.846. The molecule has 0 amide bonds. The van der Waals surface area contributed by atoms with E-state index in [2.05, 4.69) is 11.1 Å². The SMILES string of the molecule is [2H]C([2H])(CC([2H])([2H])[C@@H](C)[C@H]1CC[C@H]2[C@@H]3[C@H](O)C[C@H]4CC(=O)CC[C@]4(C)[C@H]3C[C@H](O)[C@]12C)OS(=O)(=O)O. The van der Waals surface area contributed by atoms with Crippen LogP contribution in [0.25, 0.3) is 0 Å². The summed E-state index contributed by atoms with van der Waals surface area (Å²) >= 11 is 0. The van der Waals surface area contributed by atoms with Crippen LogP contribution in [-0.2, 0) is 19.4 Å². The number of rotatable bonds is 6. The van der Waals surface area contributed by atoms with Gasteiger partial charge >= 0.3 is 10.4 Å². The van der Waals surface area contributed by atoms with Gasteiger partial charge in [0.1, 0.15) is 5.78 Å². The molecule has 184 valence electrons. The molecule has 4 aliphatic carbocycles. The average molecular weight is 477 g/mol. The van der Waals surface area contributed by atoms with E-state index in [1.165, 1.54) is 0 Å². The molecule has 0 aromatic heterocycles. The van der Waals surface area contributed by atoms with E-state index in [-0.39, 0.29) is 40.8 Å². The van der Waals surface area contributed by atoms with Gasteiger partial charge in [-0.15, -0.1) is 0 Å². The van der Waals surface area contributed by atoms with Gasteiger partial charge in [0.05, 0.1) is 21.5 Å². The molecule has 0 bridgehead atoms. The molecule has 0 heterocycles. The number of aliphatic hydroxyl groups excluding tert-OH is 2. The highest BCUT2D eigenvalue weighted by Gasteiger charge is 2.65. The zero-order valence-electron chi connectivity index (χ0n) is 23.2. The monoisotopic (exact) mass is 476 g/mol. The molecule has 0 spiro atoms. The Labute approximate surface area is 197 Å². The topological polar surface area (TPSA) is 121 Å². The van der Waals surface area contributed by atoms with Gasteiger partial charge in [-0.25, -0.2) is 4.18 Å². The molecule has 8 heteroatoms. The van der Waals surface area contributed by atoms with Gasteiger partial charge in [-0.1, -0.05) is 20.8 Å². The van der Waals surface area contributed by atoms with Gasteiger partial charge < -0.3 is 10.2 Å². The molecule has 0 radical (unpaired) electrons. The highest BCUT2D eigenvalue weighted by molar-refractivity contribution is 7.80. The molecule has 4 fully saturated rings. The minimum Gasteiger partial charge on any atom is -0.393 e. The summed E-state index contributed by atoms with van der Waals surface area (Å²) in [6.07, 6.45) is -0.378. The maximum absolute atomic E-state index is 12.2. The standard InChI is InChI=1S/C24H40O7S/c1-14(5-4-10-31-32(28,29)30)17-6-7-18-22-19(13-21(27)24(17,18)3)23(2)9-8-16(25)11-15(23)12-20(22)26/h14-15,17-22,26-27H,4-13H2,1-3H3,(H,28,29,30)/t14-,15-,17-,18+,19+,20-,21+,22+,23+,24-/m1/s1/i5D2,10D2. The van der Waals surface area contributed by atoms with E-state index in [9.17, 15) is 23.4 Å². The number of carbonyl (C=O) groups excluding carboxylic acids is 1. The summed E-state index contributed by atoms with van der Waals surface area (Å²) in [6, 6.07) is 0. The summed E-state index contributed by atoms with van der Waals surface area (Å²) in [6.45, 7) is 2.87. The second-order valence-electron chi connectivity index (χ2n) is 11.2. The molecule has 0 aromatic carbocycles. The number of ketones is 1. The van der Waals surface area contributed by atoms with Crippen molar-refractivity contribution in [2.45, 2.75) is 90.7 Å². The van der Waals surface area contributed by atoms with Crippen molar-refractivity contribution in [3.63, 3.8) is 0 Å². The number of hydrogen-bond acceptors (Lipinski definition) is 6. The van der Waals surface area contributed by atoms with Crippen LogP contribution in [0.4, 0.5) is 0 Å². The summed E-state index contributed by atoms with van der Waals surface area (Å²) in [5, 5.41) is 22.9. The second-order valence-corrected chi connectivity index (χ2v) is 12.2. The van der Waals surface area contributed by atoms with Crippen LogP contribution in [0.1, 0.15) is 84.0 Å². The van der Waals surface area contributed by atoms with Crippen molar-refractivity contribution in [3.8, 4) is 0 Å². The van der Waals surface area contributed by atoms with Crippen LogP contribution in [0, 0.1) is 46.3 Å². The first-order valence-corrected chi connectivity index (χ1v) is 13.2. The maximum atomic E-state index is 12.2. The van der Waals surface area contributed by atoms with Crippen molar-refractivity contribution in [2.75, 3.05) is 6.56 Å². The fourth-order valence-corrected chi connectivity index (χ4v) is 8.49. The van der Waals surface area contributed by atoms with E-state index < -0.39 is 53.3 Å². The molecule has 3 N–H and O–H groups in total. The largest absolute Gasteiger partial charge is 0.397 e. The predicted octanol–water partition coefficient (Wildman–Crippen LogP) is 3.39. The third-order valence-electron chi connectivity index (χ3n) is 9.94. The van der Waals surface area contributed by atoms with Crippen LogP contribution in [0.3, 0.4) is 0 Å². The van der Waals surface area contributed by atoms with Crippen LogP contribution < -0.4 is 0 Å². The van der Waals surface area contributed by atoms with Crippen molar-refractivity contribution in [2.24, 2.45) is 46.3 Å². The van der Waals surface area contributed by atoms with Crippen LogP contribution in [0.15, 0.2) is 0 Å². The Balaban J connectivity index is 1.60. The molecule has 0 saturated heterocycles. The maximum Gasteiger partial charge on any atom is 0.397 e. The first-order chi connectivity index (χ1) is 16.3. The van der Waals surface area contributed by atoms with E-state index in [1.54, 1.807) is 6.92 Å². The highest BCUT2D eigenvalue weighted by Crippen LogP contribution is 2.68. The van der Waals surface area contributed by atoms with Crippen molar-refractivity contribution in [3.05, 3.63) is 0 Å². The lowest BCUT2D eigenvalue weighted by Gasteiger charge is -2.63. The number of hydrogen-bond donors (Lipinski definition) is 3. The molecule has 0 aliphatic heterocycles. The summed E-state index contributed by atoms with van der Waals surface area (Å²) in [5.74, 6) is -0.803. The summed E-state index contributed by atoms with van der Waals surface area (Å²) in [7, 11) is -5.11. The molecule has 4 rings (SSSR count). The summed E-state index contributed by atoms with van der Waals surface area (Å²) in [4.78, 5) is 12.2. The molecule has 4 aliphatic rings. The summed E-state index contributed by atoms with van der Waals surface area (Å²) < 4.78 is 67.9. The van der Waals surface area contributed by atoms with E-state index in [1.807, 2.05) is 6.92 Å². The van der Waals surface area contributed by atoms with Crippen molar-refractivity contribution in [1.82, 2.24) is 0 Å². The van der Waals surface area contributed by atoms with Gasteiger partial charge in [0.15, 0.2) is 0 Å². The predicted molar refractivity (Wildman–Crippen MR) is 119 cm³/mol. The average Bonchev–Trinajstić information content (AvgIpc) is 3.05. The molecule has 32 heavy (non-hydrogen) atoms. The Kier molecular flexibility index (Phi) is 5.30. The van der Waals surface area contributed by atoms with Gasteiger partial charge in [0.25, 0.3) is 0 Å². The van der Waals surface area contributed by atoms with Gasteiger partial charge in [-0.2, -0.15) is 8.42 Å². The smallest absolute Gasteiger partial charge is 0.393 e. The molecule has 10 atom stereocenters. The van der Waals surface area contributed by atoms with E-state index in [4.69, 9.17) is 10.0 Å². The number of carbonyl (C=O) groups is 1. The third kappa shape index (κ3) is 4.08. The van der Waals surface area contributed by atoms with Gasteiger partial charge in [-0.05, 0) is 91.2 Å². The fraction of sp³-hybridized carbons (Fsp3) is 0.958. The minimum absolute atomic E-state index is 0.0502. The lowest BCUT2D eigenvalue weighted by atomic mass is 9.43. The normalized spacial score (nSPS) is 50.2. The first-order valence-electron chi connectivity index (χ1n) is 13.9. The fourth-order valence-electron chi connectivity index (χ4n) is 8.28. The van der Waals surface area contributed by atoms with E-state index in [0.29, 0.717) is 38.5 Å². The molecular formula is C24H40O7S. The zero-order chi connectivity index (χ0) is 27.1. The molecule has 7 nitrogen and oxygen atoms in total. The number of Topliss-reactive ketones (excluding diaryl/α,β-unsaturated/α-hetero) is 1. The molecule has 0 unspecified atom stereocenters. The Morgan fingerprint density at radius 3 is 2.62 bits per heavy atom. The van der Waals surface area contributed by atoms with Crippen molar-refractivity contribution < 1.29 is 37.6 Å². The first kappa shape index (κ1) is 19.7. The van der Waals surface area contributed by atoms with Crippen LogP contribution in [0.5, 0.6) is 0 Å². The van der Waals surface area contributed by atoms with Gasteiger partial charge in [0.2, 0.25) is 0 Å². The number of fused-ring (bicyclic) bond motifs is 5.